The molecule has 2 aromatic carbocycles. The molecule has 0 amide bonds. The summed E-state index contributed by atoms with van der Waals surface area (Å²) in [5.74, 6) is -0.947. The fourth-order valence-corrected chi connectivity index (χ4v) is 3.69. The van der Waals surface area contributed by atoms with Crippen LogP contribution in [0.5, 0.6) is 5.75 Å². The molecule has 1 saturated heterocycles. The molecule has 0 aliphatic carbocycles. The minimum absolute atomic E-state index is 0.221. The second kappa shape index (κ2) is 7.17. The summed E-state index contributed by atoms with van der Waals surface area (Å²) in [6.07, 6.45) is -3.99. The number of anilines is 3. The molecule has 0 aromatic heterocycles. The van der Waals surface area contributed by atoms with Crippen LogP contribution in [0.15, 0.2) is 42.5 Å². The maximum Gasteiger partial charge on any atom is 0.416 e. The van der Waals surface area contributed by atoms with Crippen molar-refractivity contribution >= 4 is 23.0 Å². The van der Waals surface area contributed by atoms with Gasteiger partial charge < -0.3 is 19.6 Å². The number of rotatable bonds is 4. The number of nitrogens with zero attached hydrogens (tertiary/aromatic N) is 2. The molecule has 2 aliphatic rings. The van der Waals surface area contributed by atoms with Crippen molar-refractivity contribution < 1.29 is 27.8 Å². The van der Waals surface area contributed by atoms with Gasteiger partial charge in [0.1, 0.15) is 11.9 Å². The third-order valence-corrected chi connectivity index (χ3v) is 5.45. The van der Waals surface area contributed by atoms with E-state index in [1.165, 1.54) is 6.07 Å². The number of carboxylic acid groups (broad SMARTS) is 1. The number of carboxylic acids is 1. The van der Waals surface area contributed by atoms with Gasteiger partial charge in [0.25, 0.3) is 0 Å². The van der Waals surface area contributed by atoms with Crippen LogP contribution < -0.4 is 14.5 Å². The number of fused-ring (bicyclic) bond motifs is 1. The van der Waals surface area contributed by atoms with Crippen LogP contribution in [0.2, 0.25) is 0 Å². The third kappa shape index (κ3) is 3.71. The van der Waals surface area contributed by atoms with E-state index in [0.717, 1.165) is 23.5 Å². The van der Waals surface area contributed by atoms with Gasteiger partial charge in [0.05, 0.1) is 23.7 Å². The van der Waals surface area contributed by atoms with E-state index in [2.05, 4.69) is 0 Å². The van der Waals surface area contributed by atoms with Crippen LogP contribution in [0.3, 0.4) is 0 Å². The van der Waals surface area contributed by atoms with E-state index in [9.17, 15) is 18.0 Å². The first-order chi connectivity index (χ1) is 13.8. The second-order valence-electron chi connectivity index (χ2n) is 7.40. The highest BCUT2D eigenvalue weighted by Gasteiger charge is 2.35. The van der Waals surface area contributed by atoms with Gasteiger partial charge in [0, 0.05) is 24.5 Å². The first kappa shape index (κ1) is 19.4. The van der Waals surface area contributed by atoms with Crippen LogP contribution in [0.25, 0.3) is 0 Å². The minimum Gasteiger partial charge on any atom is -0.486 e. The van der Waals surface area contributed by atoms with Crippen molar-refractivity contribution in [1.82, 2.24) is 0 Å². The average Bonchev–Trinajstić information content (AvgIpc) is 2.64. The summed E-state index contributed by atoms with van der Waals surface area (Å²) >= 11 is 0. The number of halogens is 3. The van der Waals surface area contributed by atoms with Gasteiger partial charge in [0.2, 0.25) is 0 Å². The van der Waals surface area contributed by atoms with Crippen LogP contribution in [-0.4, -0.2) is 36.8 Å². The summed E-state index contributed by atoms with van der Waals surface area (Å²) in [6, 6.07) is 11.2. The molecule has 1 unspecified atom stereocenters. The molecule has 154 valence electrons. The maximum absolute atomic E-state index is 13.1. The van der Waals surface area contributed by atoms with Crippen molar-refractivity contribution in [2.24, 2.45) is 5.92 Å². The Balaban J connectivity index is 1.65. The first-order valence-corrected chi connectivity index (χ1v) is 9.49. The number of carbonyl (C=O) groups is 1. The Morgan fingerprint density at radius 1 is 1.14 bits per heavy atom. The van der Waals surface area contributed by atoms with Gasteiger partial charge in [0.15, 0.2) is 0 Å². The van der Waals surface area contributed by atoms with E-state index in [1.54, 1.807) is 0 Å². The molecule has 4 rings (SSSR count). The van der Waals surface area contributed by atoms with Crippen molar-refractivity contribution in [2.75, 3.05) is 29.4 Å². The molecule has 2 heterocycles. The van der Waals surface area contributed by atoms with Gasteiger partial charge in [-0.2, -0.15) is 13.2 Å². The molecule has 0 bridgehead atoms. The minimum atomic E-state index is -4.43. The topological polar surface area (TPSA) is 53.0 Å². The lowest BCUT2D eigenvalue weighted by Gasteiger charge is -2.40. The van der Waals surface area contributed by atoms with Crippen molar-refractivity contribution in [3.63, 3.8) is 0 Å². The van der Waals surface area contributed by atoms with E-state index in [4.69, 9.17) is 9.84 Å². The highest BCUT2D eigenvalue weighted by molar-refractivity contribution is 5.77. The van der Waals surface area contributed by atoms with E-state index >= 15 is 0 Å². The average molecular weight is 406 g/mol. The zero-order chi connectivity index (χ0) is 20.8. The third-order valence-electron chi connectivity index (χ3n) is 5.45. The number of ether oxygens (including phenoxy) is 1. The first-order valence-electron chi connectivity index (χ1n) is 9.49. The van der Waals surface area contributed by atoms with Gasteiger partial charge in [-0.1, -0.05) is 13.0 Å². The molecule has 2 aromatic rings. The summed E-state index contributed by atoms with van der Waals surface area (Å²) < 4.78 is 45.2. The predicted molar refractivity (Wildman–Crippen MR) is 103 cm³/mol. The summed E-state index contributed by atoms with van der Waals surface area (Å²) in [7, 11) is 0. The Bertz CT molecular complexity index is 926. The summed E-state index contributed by atoms with van der Waals surface area (Å²) in [6.45, 7) is 3.36. The molecule has 2 aliphatic heterocycles. The van der Waals surface area contributed by atoms with Gasteiger partial charge in [-0.3, -0.25) is 4.79 Å². The lowest BCUT2D eigenvalue weighted by atomic mass is 9.99. The van der Waals surface area contributed by atoms with Crippen LogP contribution in [0, 0.1) is 5.92 Å². The number of benzene rings is 2. The lowest BCUT2D eigenvalue weighted by molar-refractivity contribution is -0.142. The predicted octanol–water partition coefficient (Wildman–Crippen LogP) is 4.54. The lowest BCUT2D eigenvalue weighted by Crippen LogP contribution is -2.50. The standard InChI is InChI=1S/C21H21F3N2O3/c1-2-17-12-26(18-7-6-14(21(22,23)24)8-19(18)29-17)16-5-3-4-15(9-16)25-10-13(11-25)20(27)28/h3-9,13,17H,2,10-12H2,1H3,(H,27,28). The van der Waals surface area contributed by atoms with Crippen molar-refractivity contribution in [3.05, 3.63) is 48.0 Å². The van der Waals surface area contributed by atoms with E-state index < -0.39 is 17.7 Å². The Morgan fingerprint density at radius 2 is 1.86 bits per heavy atom. The molecular formula is C21H21F3N2O3. The quantitative estimate of drug-likeness (QED) is 0.808. The van der Waals surface area contributed by atoms with Crippen LogP contribution in [0.4, 0.5) is 30.2 Å². The number of alkyl halides is 3. The summed E-state index contributed by atoms with van der Waals surface area (Å²) in [5.41, 5.74) is 1.59. The van der Waals surface area contributed by atoms with Crippen molar-refractivity contribution in [2.45, 2.75) is 25.6 Å². The van der Waals surface area contributed by atoms with Crippen molar-refractivity contribution in [1.29, 1.82) is 0 Å². The zero-order valence-electron chi connectivity index (χ0n) is 15.8. The molecule has 1 fully saturated rings. The molecule has 0 radical (unpaired) electrons. The molecule has 8 heteroatoms. The number of hydrogen-bond acceptors (Lipinski definition) is 4. The molecule has 1 N–H and O–H groups in total. The smallest absolute Gasteiger partial charge is 0.416 e. The SMILES string of the molecule is CCC1CN(c2cccc(N3CC(C(=O)O)C3)c2)c2ccc(C(F)(F)F)cc2O1. The molecule has 1 atom stereocenters. The molecule has 29 heavy (non-hydrogen) atoms. The van der Waals surface area contributed by atoms with Crippen molar-refractivity contribution in [3.8, 4) is 5.75 Å². The number of aliphatic carboxylic acids is 1. The monoisotopic (exact) mass is 406 g/mol. The van der Waals surface area contributed by atoms with Gasteiger partial charge in [-0.25, -0.2) is 0 Å². The van der Waals surface area contributed by atoms with Crippen LogP contribution in [0.1, 0.15) is 18.9 Å². The molecular weight excluding hydrogens is 385 g/mol. The Hall–Kier alpha value is -2.90. The van der Waals surface area contributed by atoms with Crippen LogP contribution in [-0.2, 0) is 11.0 Å². The Morgan fingerprint density at radius 3 is 2.52 bits per heavy atom. The number of hydrogen-bond donors (Lipinski definition) is 1. The molecule has 5 nitrogen and oxygen atoms in total. The normalized spacial score (nSPS) is 19.4. The second-order valence-corrected chi connectivity index (χ2v) is 7.40. The summed E-state index contributed by atoms with van der Waals surface area (Å²) in [5, 5.41) is 9.07. The maximum atomic E-state index is 13.1. The molecule has 0 spiro atoms. The van der Waals surface area contributed by atoms with Gasteiger partial charge in [-0.15, -0.1) is 0 Å². The zero-order valence-corrected chi connectivity index (χ0v) is 15.8. The fraction of sp³-hybridized carbons (Fsp3) is 0.381. The molecule has 0 saturated carbocycles. The summed E-state index contributed by atoms with van der Waals surface area (Å²) in [4.78, 5) is 15.0. The van der Waals surface area contributed by atoms with E-state index in [0.29, 0.717) is 31.7 Å². The van der Waals surface area contributed by atoms with Crippen LogP contribution >= 0.6 is 0 Å². The Labute approximate surface area is 166 Å². The highest BCUT2D eigenvalue weighted by atomic mass is 19.4. The van der Waals surface area contributed by atoms with E-state index in [-0.39, 0.29) is 17.8 Å². The fourth-order valence-electron chi connectivity index (χ4n) is 3.69. The largest absolute Gasteiger partial charge is 0.486 e. The Kier molecular flexibility index (Phi) is 4.80. The van der Waals surface area contributed by atoms with E-state index in [1.807, 2.05) is 41.0 Å². The van der Waals surface area contributed by atoms with Gasteiger partial charge in [-0.05, 0) is 42.8 Å². The highest BCUT2D eigenvalue weighted by Crippen LogP contribution is 2.43. The van der Waals surface area contributed by atoms with Gasteiger partial charge >= 0.3 is 12.1 Å².